The molecule has 0 radical (unpaired) electrons. The van der Waals surface area contributed by atoms with Crippen LogP contribution in [-0.4, -0.2) is 54.7 Å². The number of ether oxygens (including phenoxy) is 1. The molecular formula is C19H22FN3O2. The van der Waals surface area contributed by atoms with Crippen molar-refractivity contribution in [2.45, 2.75) is 12.5 Å². The van der Waals surface area contributed by atoms with Crippen LogP contribution in [0.25, 0.3) is 0 Å². The molecule has 1 aliphatic heterocycles. The summed E-state index contributed by atoms with van der Waals surface area (Å²) < 4.78 is 18.3. The molecule has 2 aromatic rings. The molecule has 1 saturated heterocycles. The number of rotatable bonds is 6. The molecule has 132 valence electrons. The average molecular weight is 343 g/mol. The van der Waals surface area contributed by atoms with Crippen LogP contribution < -0.4 is 5.32 Å². The number of halogens is 1. The van der Waals surface area contributed by atoms with E-state index in [2.05, 4.69) is 27.3 Å². The minimum Gasteiger partial charge on any atom is -0.379 e. The molecule has 1 N–H and O–H groups in total. The molecule has 1 fully saturated rings. The Bertz CT molecular complexity index is 673. The smallest absolute Gasteiger partial charge is 0.253 e. The molecule has 0 spiro atoms. The van der Waals surface area contributed by atoms with Gasteiger partial charge in [-0.15, -0.1) is 0 Å². The summed E-state index contributed by atoms with van der Waals surface area (Å²) in [6, 6.07) is 12.7. The van der Waals surface area contributed by atoms with Crippen LogP contribution >= 0.6 is 0 Å². The number of hydrogen-bond acceptors (Lipinski definition) is 4. The van der Waals surface area contributed by atoms with E-state index in [9.17, 15) is 9.18 Å². The van der Waals surface area contributed by atoms with Crippen LogP contribution in [0.4, 0.5) is 4.39 Å². The Morgan fingerprint density at radius 3 is 2.64 bits per heavy atom. The Morgan fingerprint density at radius 2 is 1.96 bits per heavy atom. The zero-order valence-corrected chi connectivity index (χ0v) is 14.0. The normalized spacial score (nSPS) is 16.4. The molecule has 3 rings (SSSR count). The SMILES string of the molecule is O=C(NC(Cc1ccccc1)CN1CCOCC1)c1ccc(F)nc1. The third kappa shape index (κ3) is 5.34. The standard InChI is InChI=1S/C19H22FN3O2/c20-18-7-6-16(13-21-18)19(24)22-17(12-15-4-2-1-3-5-15)14-23-8-10-25-11-9-23/h1-7,13,17H,8-12,14H2,(H,22,24). The summed E-state index contributed by atoms with van der Waals surface area (Å²) in [5.74, 6) is -0.826. The van der Waals surface area contributed by atoms with Crippen molar-refractivity contribution in [1.29, 1.82) is 0 Å². The molecule has 2 heterocycles. The first-order valence-corrected chi connectivity index (χ1v) is 8.47. The summed E-state index contributed by atoms with van der Waals surface area (Å²) in [6.07, 6.45) is 2.00. The Morgan fingerprint density at radius 1 is 1.20 bits per heavy atom. The maximum Gasteiger partial charge on any atom is 0.253 e. The fraction of sp³-hybridized carbons (Fsp3) is 0.368. The number of benzene rings is 1. The number of morpholine rings is 1. The molecule has 1 atom stereocenters. The summed E-state index contributed by atoms with van der Waals surface area (Å²) >= 11 is 0. The lowest BCUT2D eigenvalue weighted by Crippen LogP contribution is -2.48. The molecular weight excluding hydrogens is 321 g/mol. The van der Waals surface area contributed by atoms with E-state index >= 15 is 0 Å². The van der Waals surface area contributed by atoms with E-state index in [-0.39, 0.29) is 11.9 Å². The Kier molecular flexibility index (Phi) is 6.09. The van der Waals surface area contributed by atoms with Crippen LogP contribution in [0.1, 0.15) is 15.9 Å². The summed E-state index contributed by atoms with van der Waals surface area (Å²) in [6.45, 7) is 3.90. The first-order valence-electron chi connectivity index (χ1n) is 8.47. The lowest BCUT2D eigenvalue weighted by Gasteiger charge is -2.31. The Hall–Kier alpha value is -2.31. The maximum atomic E-state index is 12.9. The van der Waals surface area contributed by atoms with Crippen molar-refractivity contribution >= 4 is 5.91 Å². The predicted octanol–water partition coefficient (Wildman–Crippen LogP) is 1.89. The number of nitrogens with one attached hydrogen (secondary N) is 1. The molecule has 6 heteroatoms. The summed E-state index contributed by atoms with van der Waals surface area (Å²) in [5, 5.41) is 3.06. The highest BCUT2D eigenvalue weighted by Crippen LogP contribution is 2.08. The van der Waals surface area contributed by atoms with Crippen molar-refractivity contribution in [2.75, 3.05) is 32.8 Å². The van der Waals surface area contributed by atoms with Gasteiger partial charge in [-0.1, -0.05) is 30.3 Å². The minimum absolute atomic E-state index is 0.0435. The fourth-order valence-corrected chi connectivity index (χ4v) is 2.93. The van der Waals surface area contributed by atoms with E-state index in [0.717, 1.165) is 26.1 Å². The van der Waals surface area contributed by atoms with Gasteiger partial charge in [-0.25, -0.2) is 4.98 Å². The zero-order valence-electron chi connectivity index (χ0n) is 14.0. The average Bonchev–Trinajstić information content (AvgIpc) is 2.64. The van der Waals surface area contributed by atoms with E-state index in [1.807, 2.05) is 18.2 Å². The lowest BCUT2D eigenvalue weighted by atomic mass is 10.0. The molecule has 1 aromatic carbocycles. The molecule has 1 amide bonds. The molecule has 0 bridgehead atoms. The second kappa shape index (κ2) is 8.69. The monoisotopic (exact) mass is 343 g/mol. The number of amides is 1. The Labute approximate surface area is 146 Å². The van der Waals surface area contributed by atoms with Gasteiger partial charge in [-0.3, -0.25) is 9.69 Å². The topological polar surface area (TPSA) is 54.5 Å². The number of carbonyl (C=O) groups excluding carboxylic acids is 1. The van der Waals surface area contributed by atoms with Gasteiger partial charge < -0.3 is 10.1 Å². The number of hydrogen-bond donors (Lipinski definition) is 1. The van der Waals surface area contributed by atoms with Crippen molar-refractivity contribution in [2.24, 2.45) is 0 Å². The van der Waals surface area contributed by atoms with Gasteiger partial charge in [-0.2, -0.15) is 4.39 Å². The minimum atomic E-state index is -0.592. The number of pyridine rings is 1. The second-order valence-corrected chi connectivity index (χ2v) is 6.14. The summed E-state index contributed by atoms with van der Waals surface area (Å²) in [7, 11) is 0. The summed E-state index contributed by atoms with van der Waals surface area (Å²) in [5.41, 5.74) is 1.53. The van der Waals surface area contributed by atoms with Crippen LogP contribution in [0.5, 0.6) is 0 Å². The first kappa shape index (κ1) is 17.5. The van der Waals surface area contributed by atoms with Gasteiger partial charge in [-0.05, 0) is 24.1 Å². The fourth-order valence-electron chi connectivity index (χ4n) is 2.93. The molecule has 0 saturated carbocycles. The van der Waals surface area contributed by atoms with Crippen molar-refractivity contribution in [3.63, 3.8) is 0 Å². The van der Waals surface area contributed by atoms with E-state index in [4.69, 9.17) is 4.74 Å². The maximum absolute atomic E-state index is 12.9. The quantitative estimate of drug-likeness (QED) is 0.814. The van der Waals surface area contributed by atoms with Crippen LogP contribution in [0.2, 0.25) is 0 Å². The summed E-state index contributed by atoms with van der Waals surface area (Å²) in [4.78, 5) is 18.3. The molecule has 1 unspecified atom stereocenters. The van der Waals surface area contributed by atoms with Crippen LogP contribution in [0.15, 0.2) is 48.7 Å². The molecule has 5 nitrogen and oxygen atoms in total. The highest BCUT2D eigenvalue weighted by molar-refractivity contribution is 5.94. The van der Waals surface area contributed by atoms with Gasteiger partial charge in [0, 0.05) is 31.9 Å². The molecule has 1 aromatic heterocycles. The molecule has 25 heavy (non-hydrogen) atoms. The van der Waals surface area contributed by atoms with Gasteiger partial charge in [0.1, 0.15) is 0 Å². The Balaban J connectivity index is 1.68. The van der Waals surface area contributed by atoms with Gasteiger partial charge in [0.25, 0.3) is 5.91 Å². The lowest BCUT2D eigenvalue weighted by molar-refractivity contribution is 0.0333. The third-order valence-electron chi connectivity index (χ3n) is 4.23. The van der Waals surface area contributed by atoms with E-state index in [1.165, 1.54) is 23.9 Å². The van der Waals surface area contributed by atoms with Gasteiger partial charge in [0.2, 0.25) is 5.95 Å². The van der Waals surface area contributed by atoms with E-state index < -0.39 is 5.95 Å². The van der Waals surface area contributed by atoms with E-state index in [0.29, 0.717) is 18.8 Å². The van der Waals surface area contributed by atoms with Crippen LogP contribution in [0, 0.1) is 5.95 Å². The van der Waals surface area contributed by atoms with Crippen LogP contribution in [0.3, 0.4) is 0 Å². The highest BCUT2D eigenvalue weighted by atomic mass is 19.1. The zero-order chi connectivity index (χ0) is 17.5. The predicted molar refractivity (Wildman–Crippen MR) is 92.9 cm³/mol. The largest absolute Gasteiger partial charge is 0.379 e. The van der Waals surface area contributed by atoms with Crippen LogP contribution in [-0.2, 0) is 11.2 Å². The number of carbonyl (C=O) groups is 1. The van der Waals surface area contributed by atoms with Crippen molar-refractivity contribution in [1.82, 2.24) is 15.2 Å². The highest BCUT2D eigenvalue weighted by Gasteiger charge is 2.20. The third-order valence-corrected chi connectivity index (χ3v) is 4.23. The number of nitrogens with zero attached hydrogens (tertiary/aromatic N) is 2. The van der Waals surface area contributed by atoms with Gasteiger partial charge in [0.05, 0.1) is 18.8 Å². The van der Waals surface area contributed by atoms with Gasteiger partial charge in [0.15, 0.2) is 0 Å². The number of aromatic nitrogens is 1. The van der Waals surface area contributed by atoms with Crippen molar-refractivity contribution in [3.05, 3.63) is 65.7 Å². The molecule has 1 aliphatic rings. The van der Waals surface area contributed by atoms with E-state index in [1.54, 1.807) is 0 Å². The van der Waals surface area contributed by atoms with Crippen molar-refractivity contribution in [3.8, 4) is 0 Å². The van der Waals surface area contributed by atoms with Gasteiger partial charge >= 0.3 is 0 Å². The molecule has 0 aliphatic carbocycles. The second-order valence-electron chi connectivity index (χ2n) is 6.14. The van der Waals surface area contributed by atoms with Crippen molar-refractivity contribution < 1.29 is 13.9 Å². The first-order chi connectivity index (χ1) is 12.2.